The van der Waals surface area contributed by atoms with Crippen molar-refractivity contribution in [2.45, 2.75) is 24.0 Å². The predicted molar refractivity (Wildman–Crippen MR) is 87.4 cm³/mol. The van der Waals surface area contributed by atoms with Crippen molar-refractivity contribution in [3.63, 3.8) is 0 Å². The summed E-state index contributed by atoms with van der Waals surface area (Å²) in [6.07, 6.45) is -0.0842. The highest BCUT2D eigenvalue weighted by atomic mass is 32.2. The average molecular weight is 336 g/mol. The molecule has 0 saturated heterocycles. The molecule has 1 heterocycles. The summed E-state index contributed by atoms with van der Waals surface area (Å²) in [5.74, 6) is -0.482. The summed E-state index contributed by atoms with van der Waals surface area (Å²) >= 11 is 3.15. The second-order valence-electron chi connectivity index (χ2n) is 4.54. The maximum absolute atomic E-state index is 12.1. The third kappa shape index (κ3) is 4.85. The normalized spacial score (nSPS) is 10.4. The molecule has 7 heteroatoms. The summed E-state index contributed by atoms with van der Waals surface area (Å²) in [4.78, 5) is 27.9. The van der Waals surface area contributed by atoms with Gasteiger partial charge in [0.2, 0.25) is 0 Å². The number of aryl methyl sites for hydroxylation is 1. The molecule has 2 N–H and O–H groups in total. The SMILES string of the molecule is Cc1nc(CSc2ccccc2C(=O)NCCC(=O)O)cs1. The molecule has 0 radical (unpaired) electrons. The molecule has 0 fully saturated rings. The van der Waals surface area contributed by atoms with Gasteiger partial charge >= 0.3 is 5.97 Å². The average Bonchev–Trinajstić information content (AvgIpc) is 2.90. The fourth-order valence-electron chi connectivity index (χ4n) is 1.78. The van der Waals surface area contributed by atoms with E-state index in [-0.39, 0.29) is 18.9 Å². The van der Waals surface area contributed by atoms with E-state index >= 15 is 0 Å². The number of hydrogen-bond donors (Lipinski definition) is 2. The van der Waals surface area contributed by atoms with Gasteiger partial charge in [-0.1, -0.05) is 12.1 Å². The molecule has 0 spiro atoms. The van der Waals surface area contributed by atoms with Crippen LogP contribution in [0.15, 0.2) is 34.5 Å². The number of thioether (sulfide) groups is 1. The number of aromatic nitrogens is 1. The maximum atomic E-state index is 12.1. The van der Waals surface area contributed by atoms with Crippen LogP contribution in [0.3, 0.4) is 0 Å². The molecular formula is C15H16N2O3S2. The summed E-state index contributed by atoms with van der Waals surface area (Å²) in [6.45, 7) is 2.08. The Hall–Kier alpha value is -1.86. The fourth-order valence-corrected chi connectivity index (χ4v) is 3.44. The maximum Gasteiger partial charge on any atom is 0.305 e. The van der Waals surface area contributed by atoms with Crippen LogP contribution >= 0.6 is 23.1 Å². The summed E-state index contributed by atoms with van der Waals surface area (Å²) < 4.78 is 0. The van der Waals surface area contributed by atoms with E-state index in [1.54, 1.807) is 35.2 Å². The Kier molecular flexibility index (Phi) is 5.97. The standard InChI is InChI=1S/C15H16N2O3S2/c1-10-17-11(8-21-10)9-22-13-5-3-2-4-12(13)15(20)16-7-6-14(18)19/h2-5,8H,6-7,9H2,1H3,(H,16,20)(H,18,19). The number of nitrogens with zero attached hydrogens (tertiary/aromatic N) is 1. The van der Waals surface area contributed by atoms with Gasteiger partial charge < -0.3 is 10.4 Å². The Morgan fingerprint density at radius 1 is 1.36 bits per heavy atom. The minimum Gasteiger partial charge on any atom is -0.481 e. The molecular weight excluding hydrogens is 320 g/mol. The van der Waals surface area contributed by atoms with E-state index in [9.17, 15) is 9.59 Å². The van der Waals surface area contributed by atoms with E-state index in [1.807, 2.05) is 24.4 Å². The monoisotopic (exact) mass is 336 g/mol. The zero-order valence-electron chi connectivity index (χ0n) is 12.0. The third-order valence-corrected chi connectivity index (χ3v) is 4.73. The van der Waals surface area contributed by atoms with Gasteiger partial charge in [-0.2, -0.15) is 0 Å². The number of nitrogens with one attached hydrogen (secondary N) is 1. The molecule has 5 nitrogen and oxygen atoms in total. The van der Waals surface area contributed by atoms with Crippen molar-refractivity contribution in [3.05, 3.63) is 45.9 Å². The van der Waals surface area contributed by atoms with E-state index in [0.29, 0.717) is 11.3 Å². The number of hydrogen-bond acceptors (Lipinski definition) is 5. The first-order valence-corrected chi connectivity index (χ1v) is 8.55. The number of carbonyl (C=O) groups excluding carboxylic acids is 1. The van der Waals surface area contributed by atoms with Crippen LogP contribution in [0.25, 0.3) is 0 Å². The van der Waals surface area contributed by atoms with E-state index in [0.717, 1.165) is 15.6 Å². The number of aliphatic carboxylic acids is 1. The molecule has 0 unspecified atom stereocenters. The molecule has 0 aliphatic rings. The number of carboxylic acids is 1. The van der Waals surface area contributed by atoms with Gasteiger partial charge in [0.25, 0.3) is 5.91 Å². The lowest BCUT2D eigenvalue weighted by molar-refractivity contribution is -0.136. The summed E-state index contributed by atoms with van der Waals surface area (Å²) in [6, 6.07) is 7.30. The lowest BCUT2D eigenvalue weighted by Crippen LogP contribution is -2.26. The number of benzene rings is 1. The fraction of sp³-hybridized carbons (Fsp3) is 0.267. The number of carbonyl (C=O) groups is 2. The molecule has 2 aromatic rings. The third-order valence-electron chi connectivity index (χ3n) is 2.80. The van der Waals surface area contributed by atoms with Gasteiger partial charge in [-0.3, -0.25) is 9.59 Å². The topological polar surface area (TPSA) is 79.3 Å². The van der Waals surface area contributed by atoms with E-state index in [1.165, 1.54) is 0 Å². The first kappa shape index (κ1) is 16.5. The van der Waals surface area contributed by atoms with Crippen molar-refractivity contribution in [3.8, 4) is 0 Å². The number of rotatable bonds is 7. The molecule has 1 aromatic carbocycles. The zero-order chi connectivity index (χ0) is 15.9. The number of carboxylic acid groups (broad SMARTS) is 1. The number of amides is 1. The molecule has 0 bridgehead atoms. The van der Waals surface area contributed by atoms with Crippen molar-refractivity contribution in [1.29, 1.82) is 0 Å². The molecule has 116 valence electrons. The highest BCUT2D eigenvalue weighted by molar-refractivity contribution is 7.98. The molecule has 0 atom stereocenters. The quantitative estimate of drug-likeness (QED) is 0.760. The van der Waals surface area contributed by atoms with Gasteiger partial charge in [0.1, 0.15) is 0 Å². The van der Waals surface area contributed by atoms with Gasteiger partial charge in [0.05, 0.1) is 22.7 Å². The Balaban J connectivity index is 1.99. The van der Waals surface area contributed by atoms with Gasteiger partial charge in [-0.25, -0.2) is 4.98 Å². The molecule has 2 rings (SSSR count). The molecule has 0 saturated carbocycles. The van der Waals surface area contributed by atoms with Crippen LogP contribution in [-0.2, 0) is 10.5 Å². The van der Waals surface area contributed by atoms with Crippen molar-refractivity contribution >= 4 is 35.0 Å². The molecule has 0 aliphatic heterocycles. The molecule has 1 amide bonds. The first-order chi connectivity index (χ1) is 10.6. The van der Waals surface area contributed by atoms with Gasteiger partial charge in [-0.15, -0.1) is 23.1 Å². The van der Waals surface area contributed by atoms with Crippen LogP contribution < -0.4 is 5.32 Å². The van der Waals surface area contributed by atoms with E-state index in [4.69, 9.17) is 5.11 Å². The largest absolute Gasteiger partial charge is 0.481 e. The Labute approximate surface area is 136 Å². The molecule has 0 aliphatic carbocycles. The predicted octanol–water partition coefficient (Wildman–Crippen LogP) is 2.95. The Morgan fingerprint density at radius 3 is 2.82 bits per heavy atom. The van der Waals surface area contributed by atoms with Crippen molar-refractivity contribution in [2.24, 2.45) is 0 Å². The minimum atomic E-state index is -0.929. The van der Waals surface area contributed by atoms with Crippen molar-refractivity contribution < 1.29 is 14.7 Å². The smallest absolute Gasteiger partial charge is 0.305 e. The van der Waals surface area contributed by atoms with Crippen LogP contribution in [0.4, 0.5) is 0 Å². The van der Waals surface area contributed by atoms with Crippen LogP contribution in [0.5, 0.6) is 0 Å². The Morgan fingerprint density at radius 2 is 2.14 bits per heavy atom. The molecule has 1 aromatic heterocycles. The number of thiazole rings is 1. The summed E-state index contributed by atoms with van der Waals surface area (Å²) in [7, 11) is 0. The molecule has 22 heavy (non-hydrogen) atoms. The highest BCUT2D eigenvalue weighted by Crippen LogP contribution is 2.26. The van der Waals surface area contributed by atoms with Crippen LogP contribution in [-0.4, -0.2) is 28.5 Å². The van der Waals surface area contributed by atoms with E-state index < -0.39 is 5.97 Å². The van der Waals surface area contributed by atoms with Gasteiger partial charge in [-0.05, 0) is 19.1 Å². The Bertz CT molecular complexity index is 670. The van der Waals surface area contributed by atoms with Crippen molar-refractivity contribution in [1.82, 2.24) is 10.3 Å². The zero-order valence-corrected chi connectivity index (χ0v) is 13.7. The van der Waals surface area contributed by atoms with Gasteiger partial charge in [0.15, 0.2) is 0 Å². The van der Waals surface area contributed by atoms with Crippen LogP contribution in [0, 0.1) is 6.92 Å². The minimum absolute atomic E-state index is 0.0842. The first-order valence-electron chi connectivity index (χ1n) is 6.69. The second kappa shape index (κ2) is 7.95. The second-order valence-corrected chi connectivity index (χ2v) is 6.62. The lowest BCUT2D eigenvalue weighted by Gasteiger charge is -2.08. The van der Waals surface area contributed by atoms with Crippen LogP contribution in [0.2, 0.25) is 0 Å². The van der Waals surface area contributed by atoms with Crippen LogP contribution in [0.1, 0.15) is 27.5 Å². The summed E-state index contributed by atoms with van der Waals surface area (Å²) in [5.41, 5.74) is 1.55. The van der Waals surface area contributed by atoms with Crippen molar-refractivity contribution in [2.75, 3.05) is 6.54 Å². The highest BCUT2D eigenvalue weighted by Gasteiger charge is 2.12. The van der Waals surface area contributed by atoms with Gasteiger partial charge in [0, 0.05) is 22.6 Å². The van der Waals surface area contributed by atoms with E-state index in [2.05, 4.69) is 10.3 Å². The lowest BCUT2D eigenvalue weighted by atomic mass is 10.2. The summed E-state index contributed by atoms with van der Waals surface area (Å²) in [5, 5.41) is 14.3.